The Hall–Kier alpha value is -3.07. The van der Waals surface area contributed by atoms with E-state index < -0.39 is 28.5 Å². The number of rotatable bonds is 11. The van der Waals surface area contributed by atoms with Crippen LogP contribution in [0.5, 0.6) is 0 Å². The zero-order chi connectivity index (χ0) is 29.6. The highest BCUT2D eigenvalue weighted by molar-refractivity contribution is 7.92. The maximum atomic E-state index is 14.0. The molecule has 1 unspecified atom stereocenters. The highest BCUT2D eigenvalue weighted by Gasteiger charge is 2.32. The van der Waals surface area contributed by atoms with Crippen LogP contribution in [-0.4, -0.2) is 44.3 Å². The van der Waals surface area contributed by atoms with E-state index >= 15 is 0 Å². The molecule has 10 heteroatoms. The summed E-state index contributed by atoms with van der Waals surface area (Å²) < 4.78 is 28.8. The fourth-order valence-electron chi connectivity index (χ4n) is 4.05. The lowest BCUT2D eigenvalue weighted by molar-refractivity contribution is -0.139. The quantitative estimate of drug-likeness (QED) is 0.291. The Morgan fingerprint density at radius 3 is 2.15 bits per heavy atom. The molecule has 0 aliphatic heterocycles. The van der Waals surface area contributed by atoms with Crippen molar-refractivity contribution < 1.29 is 18.0 Å². The van der Waals surface area contributed by atoms with Crippen LogP contribution in [0.2, 0.25) is 10.0 Å². The van der Waals surface area contributed by atoms with Crippen LogP contribution in [-0.2, 0) is 26.2 Å². The molecular weight excluding hydrogens is 569 g/mol. The van der Waals surface area contributed by atoms with Crippen LogP contribution in [0.25, 0.3) is 0 Å². The van der Waals surface area contributed by atoms with E-state index in [0.29, 0.717) is 6.54 Å². The molecule has 7 nitrogen and oxygen atoms in total. The van der Waals surface area contributed by atoms with Gasteiger partial charge in [-0.15, -0.1) is 0 Å². The molecule has 2 amide bonds. The molecular formula is C30H35Cl2N3O4S. The summed E-state index contributed by atoms with van der Waals surface area (Å²) in [7, 11) is -4.19. The largest absolute Gasteiger partial charge is 0.354 e. The minimum absolute atomic E-state index is 0.0185. The minimum atomic E-state index is -4.19. The van der Waals surface area contributed by atoms with Crippen molar-refractivity contribution in [3.8, 4) is 0 Å². The first kappa shape index (κ1) is 31.5. The summed E-state index contributed by atoms with van der Waals surface area (Å²) >= 11 is 12.3. The van der Waals surface area contributed by atoms with E-state index in [9.17, 15) is 18.0 Å². The number of hydrogen-bond donors (Lipinski definition) is 1. The molecule has 0 radical (unpaired) electrons. The minimum Gasteiger partial charge on any atom is -0.354 e. The van der Waals surface area contributed by atoms with Crippen molar-refractivity contribution in [3.63, 3.8) is 0 Å². The molecule has 3 rings (SSSR count). The molecule has 0 saturated heterocycles. The second kappa shape index (κ2) is 13.5. The summed E-state index contributed by atoms with van der Waals surface area (Å²) in [4.78, 5) is 28.5. The SMILES string of the molecule is Cc1ccc(S(=O)(=O)N(CC(=O)N(Cc2cccc(C)c2)C(C)C(=O)NCC(C)C)c2ccc(Cl)c(Cl)c2)cc1. The van der Waals surface area contributed by atoms with E-state index in [4.69, 9.17) is 23.2 Å². The van der Waals surface area contributed by atoms with Gasteiger partial charge in [0.15, 0.2) is 0 Å². The molecule has 214 valence electrons. The van der Waals surface area contributed by atoms with Gasteiger partial charge in [-0.05, 0) is 62.6 Å². The third kappa shape index (κ3) is 7.99. The number of sulfonamides is 1. The first-order chi connectivity index (χ1) is 18.8. The Kier molecular flexibility index (Phi) is 10.6. The number of carbonyl (C=O) groups is 2. The Bertz CT molecular complexity index is 1460. The number of aryl methyl sites for hydroxylation is 2. The zero-order valence-electron chi connectivity index (χ0n) is 23.3. The van der Waals surface area contributed by atoms with Crippen LogP contribution < -0.4 is 9.62 Å². The lowest BCUT2D eigenvalue weighted by atomic mass is 10.1. The second-order valence-electron chi connectivity index (χ2n) is 10.2. The van der Waals surface area contributed by atoms with E-state index in [1.54, 1.807) is 19.1 Å². The molecule has 40 heavy (non-hydrogen) atoms. The summed E-state index contributed by atoms with van der Waals surface area (Å²) in [5.41, 5.74) is 2.89. The van der Waals surface area contributed by atoms with Gasteiger partial charge in [-0.1, -0.05) is 84.6 Å². The number of hydrogen-bond acceptors (Lipinski definition) is 4. The Morgan fingerprint density at radius 2 is 1.55 bits per heavy atom. The predicted molar refractivity (Wildman–Crippen MR) is 161 cm³/mol. The van der Waals surface area contributed by atoms with Crippen molar-refractivity contribution in [2.75, 3.05) is 17.4 Å². The van der Waals surface area contributed by atoms with Gasteiger partial charge in [-0.25, -0.2) is 8.42 Å². The second-order valence-corrected chi connectivity index (χ2v) is 12.9. The van der Waals surface area contributed by atoms with E-state index in [-0.39, 0.29) is 39.0 Å². The molecule has 0 fully saturated rings. The number of amides is 2. The van der Waals surface area contributed by atoms with Crippen LogP contribution in [0.4, 0.5) is 5.69 Å². The summed E-state index contributed by atoms with van der Waals surface area (Å²) in [6, 6.07) is 17.5. The predicted octanol–water partition coefficient (Wildman–Crippen LogP) is 6.00. The molecule has 0 saturated carbocycles. The van der Waals surface area contributed by atoms with Crippen LogP contribution in [0.15, 0.2) is 71.6 Å². The number of anilines is 1. The first-order valence-electron chi connectivity index (χ1n) is 13.0. The van der Waals surface area contributed by atoms with Gasteiger partial charge in [0, 0.05) is 13.1 Å². The number of carbonyl (C=O) groups excluding carboxylic acids is 2. The Labute approximate surface area is 247 Å². The van der Waals surface area contributed by atoms with Crippen LogP contribution >= 0.6 is 23.2 Å². The molecule has 0 spiro atoms. The zero-order valence-corrected chi connectivity index (χ0v) is 25.6. The highest BCUT2D eigenvalue weighted by Crippen LogP contribution is 2.31. The van der Waals surface area contributed by atoms with Gasteiger partial charge in [-0.3, -0.25) is 13.9 Å². The maximum Gasteiger partial charge on any atom is 0.264 e. The average Bonchev–Trinajstić information content (AvgIpc) is 2.90. The summed E-state index contributed by atoms with van der Waals surface area (Å²) in [6.45, 7) is 9.41. The van der Waals surface area contributed by atoms with E-state index in [2.05, 4.69) is 5.32 Å². The van der Waals surface area contributed by atoms with Gasteiger partial charge < -0.3 is 10.2 Å². The van der Waals surface area contributed by atoms with Crippen molar-refractivity contribution in [2.45, 2.75) is 52.1 Å². The third-order valence-electron chi connectivity index (χ3n) is 6.37. The number of nitrogens with zero attached hydrogens (tertiary/aromatic N) is 2. The molecule has 3 aromatic rings. The molecule has 0 aliphatic carbocycles. The average molecular weight is 605 g/mol. The number of nitrogens with one attached hydrogen (secondary N) is 1. The maximum absolute atomic E-state index is 14.0. The van der Waals surface area contributed by atoms with Crippen molar-refractivity contribution >= 4 is 50.7 Å². The highest BCUT2D eigenvalue weighted by atomic mass is 35.5. The van der Waals surface area contributed by atoms with Gasteiger partial charge in [0.05, 0.1) is 20.6 Å². The number of benzene rings is 3. The first-order valence-corrected chi connectivity index (χ1v) is 15.2. The third-order valence-corrected chi connectivity index (χ3v) is 8.89. The molecule has 0 aliphatic rings. The fraction of sp³-hybridized carbons (Fsp3) is 0.333. The monoisotopic (exact) mass is 603 g/mol. The van der Waals surface area contributed by atoms with Crippen molar-refractivity contribution in [3.05, 3.63) is 93.5 Å². The van der Waals surface area contributed by atoms with Crippen LogP contribution in [0.3, 0.4) is 0 Å². The summed E-state index contributed by atoms with van der Waals surface area (Å²) in [5.74, 6) is -0.644. The number of halogens is 2. The van der Waals surface area contributed by atoms with Crippen molar-refractivity contribution in [2.24, 2.45) is 5.92 Å². The Balaban J connectivity index is 2.04. The van der Waals surface area contributed by atoms with Gasteiger partial charge in [0.1, 0.15) is 12.6 Å². The van der Waals surface area contributed by atoms with Crippen LogP contribution in [0.1, 0.15) is 37.5 Å². The van der Waals surface area contributed by atoms with Crippen LogP contribution in [0, 0.1) is 19.8 Å². The normalized spacial score (nSPS) is 12.2. The molecule has 0 bridgehead atoms. The van der Waals surface area contributed by atoms with Gasteiger partial charge in [0.25, 0.3) is 10.0 Å². The lowest BCUT2D eigenvalue weighted by Gasteiger charge is -2.32. The molecule has 0 aromatic heterocycles. The molecule has 1 N–H and O–H groups in total. The molecule has 1 atom stereocenters. The summed E-state index contributed by atoms with van der Waals surface area (Å²) in [5, 5.41) is 3.28. The molecule has 0 heterocycles. The standard InChI is InChI=1S/C30H35Cl2N3O4S/c1-20(2)17-33-30(37)23(5)34(18-24-8-6-7-22(4)15-24)29(36)19-35(25-11-14-27(31)28(32)16-25)40(38,39)26-12-9-21(3)10-13-26/h6-16,20,23H,17-19H2,1-5H3,(H,33,37). The van der Waals surface area contributed by atoms with E-state index in [1.165, 1.54) is 35.2 Å². The smallest absolute Gasteiger partial charge is 0.264 e. The summed E-state index contributed by atoms with van der Waals surface area (Å²) in [6.07, 6.45) is 0. The Morgan fingerprint density at radius 1 is 0.875 bits per heavy atom. The van der Waals surface area contributed by atoms with Crippen molar-refractivity contribution in [1.29, 1.82) is 0 Å². The van der Waals surface area contributed by atoms with Gasteiger partial charge in [0.2, 0.25) is 11.8 Å². The lowest BCUT2D eigenvalue weighted by Crippen LogP contribution is -2.51. The fourth-order valence-corrected chi connectivity index (χ4v) is 5.75. The van der Waals surface area contributed by atoms with Gasteiger partial charge in [-0.2, -0.15) is 0 Å². The van der Waals surface area contributed by atoms with E-state index in [1.807, 2.05) is 52.0 Å². The van der Waals surface area contributed by atoms with Gasteiger partial charge >= 0.3 is 0 Å². The molecule has 3 aromatic carbocycles. The van der Waals surface area contributed by atoms with E-state index in [0.717, 1.165) is 21.0 Å². The van der Waals surface area contributed by atoms with Crippen molar-refractivity contribution in [1.82, 2.24) is 10.2 Å². The topological polar surface area (TPSA) is 86.8 Å².